The predicted octanol–water partition coefficient (Wildman–Crippen LogP) is -4.19. The third-order valence-corrected chi connectivity index (χ3v) is 0. The summed E-state index contributed by atoms with van der Waals surface area (Å²) in [6.45, 7) is 0. The number of rotatable bonds is 0. The van der Waals surface area contributed by atoms with Crippen molar-refractivity contribution in [3.05, 3.63) is 0 Å². The summed E-state index contributed by atoms with van der Waals surface area (Å²) >= 11 is 0. The van der Waals surface area contributed by atoms with Crippen molar-refractivity contribution >= 4 is 211 Å². The first kappa shape index (κ1) is 130. The summed E-state index contributed by atoms with van der Waals surface area (Å²) in [5.41, 5.74) is 0. The summed E-state index contributed by atoms with van der Waals surface area (Å²) in [6, 6.07) is 0. The second-order valence-corrected chi connectivity index (χ2v) is 0. The summed E-state index contributed by atoms with van der Waals surface area (Å²) in [6.07, 6.45) is 0. The first-order valence-corrected chi connectivity index (χ1v) is 0. The second kappa shape index (κ2) is 111. The van der Waals surface area contributed by atoms with Crippen molar-refractivity contribution < 1.29 is 44.8 Å². The molecule has 13 heteroatoms. The fraction of sp³-hybridized carbons (Fsp3) is 0. The predicted molar refractivity (Wildman–Crippen MR) is 63.3 cm³/mol. The zero-order valence-electron chi connectivity index (χ0n) is 5.77. The molecule has 0 nitrogen and oxygen atoms in total. The van der Waals surface area contributed by atoms with Gasteiger partial charge < -0.3 is 119 Å². The van der Waals surface area contributed by atoms with E-state index in [0.717, 1.165) is 0 Å². The minimum absolute atomic E-state index is 0. The Bertz CT molecular complexity index is 22.5. The molecule has 0 rings (SSSR count). The molecule has 0 heterocycles. The van der Waals surface area contributed by atoms with E-state index in [2.05, 4.69) is 0 Å². The first-order chi connectivity index (χ1) is 0. The van der Waals surface area contributed by atoms with Crippen molar-refractivity contribution in [2.75, 3.05) is 0 Å². The summed E-state index contributed by atoms with van der Waals surface area (Å²) in [5, 5.41) is 0. The molecule has 0 spiro atoms. The van der Waals surface area contributed by atoms with E-state index in [-0.39, 0.29) is 256 Å². The Hall–Kier alpha value is 8.13. The van der Waals surface area contributed by atoms with E-state index in [1.165, 1.54) is 0 Å². The van der Waals surface area contributed by atoms with Crippen LogP contribution in [0, 0.1) is 0 Å². The summed E-state index contributed by atoms with van der Waals surface area (Å²) in [5.74, 6) is 0. The van der Waals surface area contributed by atoms with Crippen LogP contribution in [0.25, 0.3) is 0 Å². The number of hydrogen-bond donors (Lipinski definition) is 0. The summed E-state index contributed by atoms with van der Waals surface area (Å²) in [7, 11) is 0. The summed E-state index contributed by atoms with van der Waals surface area (Å²) < 4.78 is 0. The molecular weight excluding hydrogens is 1140 g/mol. The molecule has 0 aromatic carbocycles. The van der Waals surface area contributed by atoms with Crippen LogP contribution in [-0.2, 0) is 44.8 Å². The first-order valence-electron chi connectivity index (χ1n) is 0. The Balaban J connectivity index is 0. The molecular formula is Ag2Ga2In2Se7. The van der Waals surface area contributed by atoms with Gasteiger partial charge >= 0.3 is 136 Å². The topological polar surface area (TPSA) is 0 Å². The van der Waals surface area contributed by atoms with Gasteiger partial charge in [-0.05, 0) is 0 Å². The molecule has 13 heavy (non-hydrogen) atoms. The van der Waals surface area contributed by atoms with E-state index in [0.29, 0.717) is 0 Å². The van der Waals surface area contributed by atoms with E-state index in [4.69, 9.17) is 0 Å². The van der Waals surface area contributed by atoms with Gasteiger partial charge in [-0.25, -0.2) is 0 Å². The molecule has 0 fully saturated rings. The molecule has 0 saturated carbocycles. The van der Waals surface area contributed by atoms with Crippen LogP contribution < -0.4 is 0 Å². The van der Waals surface area contributed by atoms with Gasteiger partial charge in [-0.3, -0.25) is 0 Å². The maximum absolute atomic E-state index is 0. The van der Waals surface area contributed by atoms with Gasteiger partial charge in [-0.1, -0.05) is 0 Å². The smallest absolute Gasteiger partial charge is 2.00 e. The van der Waals surface area contributed by atoms with Crippen LogP contribution in [0.2, 0.25) is 0 Å². The summed E-state index contributed by atoms with van der Waals surface area (Å²) in [4.78, 5) is 0. The van der Waals surface area contributed by atoms with Crippen molar-refractivity contribution in [2.24, 2.45) is 0 Å². The molecule has 0 atom stereocenters. The van der Waals surface area contributed by atoms with Crippen LogP contribution in [0.1, 0.15) is 0 Å². The van der Waals surface area contributed by atoms with Crippen LogP contribution in [0.4, 0.5) is 0 Å². The molecule has 76 valence electrons. The van der Waals surface area contributed by atoms with Gasteiger partial charge in [0.2, 0.25) is 0 Å². The molecule has 0 aliphatic carbocycles. The molecule has 0 unspecified atom stereocenters. The van der Waals surface area contributed by atoms with Crippen molar-refractivity contribution in [2.45, 2.75) is 0 Å². The van der Waals surface area contributed by atoms with Crippen LogP contribution in [-0.4, -0.2) is 211 Å². The minimum Gasteiger partial charge on any atom is -2.00 e. The molecule has 0 radical (unpaired) electrons. The Morgan fingerprint density at radius 3 is 0.308 bits per heavy atom. The Kier molecular flexibility index (Phi) is 1110. The Morgan fingerprint density at radius 1 is 0.308 bits per heavy atom. The normalized spacial score (nSPS) is 0. The average Bonchev–Trinajstić information content (AvgIpc) is 0. The quantitative estimate of drug-likeness (QED) is 0.217. The van der Waals surface area contributed by atoms with Crippen LogP contribution >= 0.6 is 0 Å². The zero-order valence-corrected chi connectivity index (χ0v) is 32.2. The van der Waals surface area contributed by atoms with Crippen LogP contribution in [0.3, 0.4) is 0 Å². The van der Waals surface area contributed by atoms with Gasteiger partial charge in [-0.15, -0.1) is 0 Å². The largest absolute Gasteiger partial charge is 3.00 e. The van der Waals surface area contributed by atoms with E-state index in [1.54, 1.807) is 0 Å². The Morgan fingerprint density at radius 2 is 0.308 bits per heavy atom. The number of hydrogen-bond acceptors (Lipinski definition) is 0. The van der Waals surface area contributed by atoms with E-state index >= 15 is 0 Å². The molecule has 0 aliphatic rings. The van der Waals surface area contributed by atoms with Gasteiger partial charge in [0.25, 0.3) is 0 Å². The van der Waals surface area contributed by atoms with E-state index in [9.17, 15) is 0 Å². The van der Waals surface area contributed by atoms with Gasteiger partial charge in [0, 0.05) is 0 Å². The second-order valence-electron chi connectivity index (χ2n) is 0. The van der Waals surface area contributed by atoms with Crippen molar-refractivity contribution in [3.63, 3.8) is 0 Å². The monoisotopic (exact) mass is 1140 g/mol. The third kappa shape index (κ3) is 100. The molecule has 0 aromatic heterocycles. The molecule has 0 saturated heterocycles. The molecule has 0 N–H and O–H groups in total. The molecule has 0 bridgehead atoms. The minimum atomic E-state index is 0. The van der Waals surface area contributed by atoms with Crippen molar-refractivity contribution in [1.82, 2.24) is 0 Å². The fourth-order valence-electron chi connectivity index (χ4n) is 0. The maximum Gasteiger partial charge on any atom is 3.00 e. The third-order valence-electron chi connectivity index (χ3n) is 0. The van der Waals surface area contributed by atoms with E-state index in [1.807, 2.05) is 0 Å². The zero-order chi connectivity index (χ0) is 0. The average molecular weight is 1140 g/mol. The van der Waals surface area contributed by atoms with Crippen molar-refractivity contribution in [1.29, 1.82) is 0 Å². The molecule has 0 aliphatic heterocycles. The standard InChI is InChI=1S/2Ag.2Ga.2In.7Se/q2*+1;4*+3;7*-2. The van der Waals surface area contributed by atoms with Gasteiger partial charge in [0.05, 0.1) is 0 Å². The maximum atomic E-state index is 0. The fourth-order valence-corrected chi connectivity index (χ4v) is 0. The van der Waals surface area contributed by atoms with Gasteiger partial charge in [0.1, 0.15) is 0 Å². The Labute approximate surface area is 249 Å². The van der Waals surface area contributed by atoms with Gasteiger partial charge in [0.15, 0.2) is 0 Å². The molecule has 0 aromatic rings. The van der Waals surface area contributed by atoms with E-state index < -0.39 is 0 Å². The van der Waals surface area contributed by atoms with Crippen molar-refractivity contribution in [3.8, 4) is 0 Å². The SMILES string of the molecule is [Ag+].[Ag+].[Ga+3].[Ga+3].[In+3].[In+3].[Se-2].[Se-2].[Se-2].[Se-2].[Se-2].[Se-2].[Se-2]. The van der Waals surface area contributed by atoms with Crippen LogP contribution in [0.15, 0.2) is 0 Å². The van der Waals surface area contributed by atoms with Gasteiger partial charge in [-0.2, -0.15) is 0 Å². The van der Waals surface area contributed by atoms with Crippen LogP contribution in [0.5, 0.6) is 0 Å². The molecule has 0 amide bonds.